The summed E-state index contributed by atoms with van der Waals surface area (Å²) in [7, 11) is 0. The Kier molecular flexibility index (Phi) is 5.21. The molecule has 2 N–H and O–H groups in total. The third-order valence-corrected chi connectivity index (χ3v) is 3.82. The van der Waals surface area contributed by atoms with E-state index in [0.717, 1.165) is 11.3 Å². The molecule has 0 saturated carbocycles. The van der Waals surface area contributed by atoms with E-state index in [-0.39, 0.29) is 18.1 Å². The van der Waals surface area contributed by atoms with Crippen LogP contribution in [0.4, 0.5) is 9.52 Å². The largest absolute Gasteiger partial charge is 0.481 e. The van der Waals surface area contributed by atoms with Crippen molar-refractivity contribution in [3.8, 4) is 11.3 Å². The first-order valence-electron chi connectivity index (χ1n) is 6.77. The summed E-state index contributed by atoms with van der Waals surface area (Å²) in [5.41, 5.74) is 1.07. The van der Waals surface area contributed by atoms with Crippen LogP contribution in [0.25, 0.3) is 11.3 Å². The molecule has 0 radical (unpaired) electrons. The number of rotatable bonds is 6. The van der Waals surface area contributed by atoms with Crippen LogP contribution in [-0.4, -0.2) is 22.0 Å². The highest BCUT2D eigenvalue weighted by atomic mass is 32.1. The average Bonchev–Trinajstić information content (AvgIpc) is 2.81. The number of benzene rings is 1. The maximum atomic E-state index is 13.0. The Balaban J connectivity index is 2.33. The van der Waals surface area contributed by atoms with Crippen molar-refractivity contribution in [2.75, 3.05) is 5.32 Å². The average molecular weight is 322 g/mol. The van der Waals surface area contributed by atoms with Gasteiger partial charge in [-0.25, -0.2) is 9.37 Å². The summed E-state index contributed by atoms with van der Waals surface area (Å²) in [6.07, 6.45) is 0.887. The lowest BCUT2D eigenvalue weighted by molar-refractivity contribution is -0.136. The number of aliphatic carboxylic acids is 1. The van der Waals surface area contributed by atoms with E-state index in [0.29, 0.717) is 34.1 Å². The zero-order valence-electron chi connectivity index (χ0n) is 11.9. The molecule has 0 bridgehead atoms. The quantitative estimate of drug-likeness (QED) is 0.855. The standard InChI is InChI=1S/C15H15FN2O3S/c1-2-3-12(19)17-15-18-14(11(22-15)8-13(20)21)9-4-6-10(16)7-5-9/h4-7H,2-3,8H2,1H3,(H,20,21)(H,17,18,19). The molecule has 1 amide bonds. The number of aromatic nitrogens is 1. The second kappa shape index (κ2) is 7.13. The first-order valence-corrected chi connectivity index (χ1v) is 7.58. The molecular weight excluding hydrogens is 307 g/mol. The van der Waals surface area contributed by atoms with Crippen LogP contribution in [0.3, 0.4) is 0 Å². The number of thiazole rings is 1. The number of carboxylic acids is 1. The fraction of sp³-hybridized carbons (Fsp3) is 0.267. The number of hydrogen-bond donors (Lipinski definition) is 2. The highest BCUT2D eigenvalue weighted by molar-refractivity contribution is 7.16. The smallest absolute Gasteiger partial charge is 0.308 e. The molecule has 22 heavy (non-hydrogen) atoms. The summed E-state index contributed by atoms with van der Waals surface area (Å²) in [6, 6.07) is 5.64. The van der Waals surface area contributed by atoms with Gasteiger partial charge in [0, 0.05) is 16.9 Å². The van der Waals surface area contributed by atoms with Gasteiger partial charge in [0.25, 0.3) is 0 Å². The van der Waals surface area contributed by atoms with Gasteiger partial charge in [0.15, 0.2) is 5.13 Å². The van der Waals surface area contributed by atoms with Gasteiger partial charge in [-0.15, -0.1) is 11.3 Å². The monoisotopic (exact) mass is 322 g/mol. The van der Waals surface area contributed by atoms with Crippen LogP contribution in [-0.2, 0) is 16.0 Å². The first kappa shape index (κ1) is 16.1. The van der Waals surface area contributed by atoms with Crippen molar-refractivity contribution in [3.63, 3.8) is 0 Å². The predicted molar refractivity (Wildman–Crippen MR) is 82.4 cm³/mol. The zero-order chi connectivity index (χ0) is 16.1. The number of nitrogens with one attached hydrogen (secondary N) is 1. The van der Waals surface area contributed by atoms with Crippen molar-refractivity contribution in [1.29, 1.82) is 0 Å². The lowest BCUT2D eigenvalue weighted by Gasteiger charge is -2.00. The molecule has 0 fully saturated rings. The van der Waals surface area contributed by atoms with Crippen molar-refractivity contribution >= 4 is 28.3 Å². The van der Waals surface area contributed by atoms with E-state index in [1.807, 2.05) is 6.92 Å². The maximum Gasteiger partial charge on any atom is 0.308 e. The van der Waals surface area contributed by atoms with E-state index in [1.165, 1.54) is 24.3 Å². The molecule has 1 aromatic carbocycles. The molecule has 2 aromatic rings. The van der Waals surface area contributed by atoms with Crippen LogP contribution >= 0.6 is 11.3 Å². The lowest BCUT2D eigenvalue weighted by Crippen LogP contribution is -2.10. The van der Waals surface area contributed by atoms with Crippen LogP contribution < -0.4 is 5.32 Å². The number of hydrogen-bond acceptors (Lipinski definition) is 4. The summed E-state index contributed by atoms with van der Waals surface area (Å²) in [5, 5.41) is 12.0. The maximum absolute atomic E-state index is 13.0. The Morgan fingerprint density at radius 2 is 2.00 bits per heavy atom. The molecule has 1 aromatic heterocycles. The molecule has 0 atom stereocenters. The fourth-order valence-corrected chi connectivity index (χ4v) is 2.90. The number of halogens is 1. The van der Waals surface area contributed by atoms with Gasteiger partial charge in [0.05, 0.1) is 12.1 Å². The van der Waals surface area contributed by atoms with Gasteiger partial charge >= 0.3 is 5.97 Å². The van der Waals surface area contributed by atoms with Crippen molar-refractivity contribution in [3.05, 3.63) is 35.0 Å². The summed E-state index contributed by atoms with van der Waals surface area (Å²) in [5.74, 6) is -1.53. The number of amides is 1. The van der Waals surface area contributed by atoms with Crippen LogP contribution in [0.1, 0.15) is 24.6 Å². The second-order valence-electron chi connectivity index (χ2n) is 4.67. The summed E-state index contributed by atoms with van der Waals surface area (Å²) in [4.78, 5) is 27.4. The van der Waals surface area contributed by atoms with Crippen LogP contribution in [0.5, 0.6) is 0 Å². The van der Waals surface area contributed by atoms with Gasteiger partial charge in [0.2, 0.25) is 5.91 Å². The minimum Gasteiger partial charge on any atom is -0.481 e. The molecule has 0 aliphatic carbocycles. The highest BCUT2D eigenvalue weighted by Gasteiger charge is 2.17. The molecule has 0 aliphatic heterocycles. The van der Waals surface area contributed by atoms with Crippen molar-refractivity contribution in [1.82, 2.24) is 4.98 Å². The van der Waals surface area contributed by atoms with Crippen LogP contribution in [0, 0.1) is 5.82 Å². The van der Waals surface area contributed by atoms with E-state index in [1.54, 1.807) is 0 Å². The van der Waals surface area contributed by atoms with Gasteiger partial charge in [-0.05, 0) is 30.7 Å². The molecule has 2 rings (SSSR count). The minimum atomic E-state index is -0.988. The van der Waals surface area contributed by atoms with Crippen molar-refractivity contribution in [2.45, 2.75) is 26.2 Å². The number of carbonyl (C=O) groups excluding carboxylic acids is 1. The van der Waals surface area contributed by atoms with Gasteiger partial charge in [-0.1, -0.05) is 6.92 Å². The SMILES string of the molecule is CCCC(=O)Nc1nc(-c2ccc(F)cc2)c(CC(=O)O)s1. The topological polar surface area (TPSA) is 79.3 Å². The molecule has 7 heteroatoms. The van der Waals surface area contributed by atoms with E-state index < -0.39 is 5.97 Å². The van der Waals surface area contributed by atoms with Gasteiger partial charge in [0.1, 0.15) is 5.82 Å². The second-order valence-corrected chi connectivity index (χ2v) is 5.75. The van der Waals surface area contributed by atoms with Gasteiger partial charge in [-0.3, -0.25) is 9.59 Å². The molecule has 1 heterocycles. The highest BCUT2D eigenvalue weighted by Crippen LogP contribution is 2.31. The Morgan fingerprint density at radius 1 is 1.32 bits per heavy atom. The molecular formula is C15H15FN2O3S. The molecule has 5 nitrogen and oxygen atoms in total. The number of carbonyl (C=O) groups is 2. The molecule has 0 unspecified atom stereocenters. The normalized spacial score (nSPS) is 10.5. The van der Waals surface area contributed by atoms with Crippen molar-refractivity contribution < 1.29 is 19.1 Å². The van der Waals surface area contributed by atoms with E-state index >= 15 is 0 Å². The lowest BCUT2D eigenvalue weighted by atomic mass is 10.1. The zero-order valence-corrected chi connectivity index (χ0v) is 12.7. The molecule has 116 valence electrons. The van der Waals surface area contributed by atoms with E-state index in [9.17, 15) is 14.0 Å². The Hall–Kier alpha value is -2.28. The molecule has 0 spiro atoms. The molecule has 0 saturated heterocycles. The Bertz CT molecular complexity index is 683. The minimum absolute atomic E-state index is 0.163. The van der Waals surface area contributed by atoms with Crippen LogP contribution in [0.15, 0.2) is 24.3 Å². The third kappa shape index (κ3) is 4.11. The summed E-state index contributed by atoms with van der Waals surface area (Å²) >= 11 is 1.12. The Morgan fingerprint density at radius 3 is 2.59 bits per heavy atom. The number of nitrogens with zero attached hydrogens (tertiary/aromatic N) is 1. The number of anilines is 1. The van der Waals surface area contributed by atoms with Gasteiger partial charge in [-0.2, -0.15) is 0 Å². The van der Waals surface area contributed by atoms with Crippen molar-refractivity contribution in [2.24, 2.45) is 0 Å². The fourth-order valence-electron chi connectivity index (χ4n) is 1.90. The van der Waals surface area contributed by atoms with Gasteiger partial charge < -0.3 is 10.4 Å². The molecule has 0 aliphatic rings. The van der Waals surface area contributed by atoms with Crippen LogP contribution in [0.2, 0.25) is 0 Å². The summed E-state index contributed by atoms with van der Waals surface area (Å²) < 4.78 is 13.0. The van der Waals surface area contributed by atoms with E-state index in [2.05, 4.69) is 10.3 Å². The summed E-state index contributed by atoms with van der Waals surface area (Å²) in [6.45, 7) is 1.89. The third-order valence-electron chi connectivity index (χ3n) is 2.85. The Labute approximate surface area is 130 Å². The number of carboxylic acid groups (broad SMARTS) is 1. The van der Waals surface area contributed by atoms with E-state index in [4.69, 9.17) is 5.11 Å². The predicted octanol–water partition coefficient (Wildman–Crippen LogP) is 3.31. The first-order chi connectivity index (χ1) is 10.5.